The van der Waals surface area contributed by atoms with Crippen molar-refractivity contribution in [3.8, 4) is 0 Å². The predicted octanol–water partition coefficient (Wildman–Crippen LogP) is 4.42. The fourth-order valence-corrected chi connectivity index (χ4v) is 13.2. The average Bonchev–Trinajstić information content (AvgIpc) is 2.81. The van der Waals surface area contributed by atoms with Crippen LogP contribution in [0.15, 0.2) is 121 Å². The molecule has 0 saturated heterocycles. The second kappa shape index (κ2) is 9.85. The maximum absolute atomic E-state index is 13.1. The van der Waals surface area contributed by atoms with Gasteiger partial charge in [-0.3, -0.25) is 4.55 Å². The summed E-state index contributed by atoms with van der Waals surface area (Å²) in [5.41, 5.74) is 0. The van der Waals surface area contributed by atoms with Crippen LogP contribution < -0.4 is 21.2 Å². The zero-order chi connectivity index (χ0) is 21.7. The van der Waals surface area contributed by atoms with Crippen molar-refractivity contribution in [3.05, 3.63) is 121 Å². The van der Waals surface area contributed by atoms with E-state index in [9.17, 15) is 13.0 Å². The van der Waals surface area contributed by atoms with Crippen molar-refractivity contribution in [3.63, 3.8) is 0 Å². The molecule has 0 radical (unpaired) electrons. The Morgan fingerprint density at radius 1 is 0.484 bits per heavy atom. The van der Waals surface area contributed by atoms with E-state index in [1.54, 1.807) is 0 Å². The minimum atomic E-state index is -4.40. The summed E-state index contributed by atoms with van der Waals surface area (Å²) in [6, 6.07) is 38.7. The Hall–Kier alpha value is -2.35. The lowest BCUT2D eigenvalue weighted by atomic mass is 10.4. The van der Waals surface area contributed by atoms with Gasteiger partial charge in [-0.2, -0.15) is 8.42 Å². The molecule has 0 atom stereocenters. The Morgan fingerprint density at radius 3 is 0.903 bits per heavy atom. The zero-order valence-corrected chi connectivity index (χ0v) is 19.3. The summed E-state index contributed by atoms with van der Waals surface area (Å²) in [5, 5.41) is 3.69. The molecule has 0 saturated carbocycles. The molecule has 0 fully saturated rings. The van der Waals surface area contributed by atoms with E-state index >= 15 is 0 Å². The number of rotatable bonds is 7. The summed E-state index contributed by atoms with van der Waals surface area (Å²) in [7, 11) is -7.19. The van der Waals surface area contributed by atoms with E-state index in [1.807, 2.05) is 121 Å². The SMILES string of the molecule is O=S(=O)(O)C(P(c1ccccc1)c1ccccc1)P(c1ccccc1)c1ccccc1. The van der Waals surface area contributed by atoms with E-state index in [2.05, 4.69) is 0 Å². The molecule has 4 aromatic carbocycles. The first-order valence-corrected chi connectivity index (χ1v) is 14.1. The van der Waals surface area contributed by atoms with Crippen LogP contribution in [0.1, 0.15) is 0 Å². The van der Waals surface area contributed by atoms with E-state index in [0.717, 1.165) is 21.2 Å². The zero-order valence-electron chi connectivity index (χ0n) is 16.7. The molecule has 6 heteroatoms. The second-order valence-electron chi connectivity index (χ2n) is 6.92. The molecule has 0 aromatic heterocycles. The maximum atomic E-state index is 13.1. The van der Waals surface area contributed by atoms with Crippen LogP contribution >= 0.6 is 15.8 Å². The normalized spacial score (nSPS) is 11.9. The molecule has 0 unspecified atom stereocenters. The fourth-order valence-electron chi connectivity index (χ4n) is 3.54. The Morgan fingerprint density at radius 2 is 0.710 bits per heavy atom. The van der Waals surface area contributed by atoms with Crippen molar-refractivity contribution >= 4 is 47.2 Å². The first kappa shape index (κ1) is 21.9. The minimum absolute atomic E-state index is 0.922. The van der Waals surface area contributed by atoms with Gasteiger partial charge in [-0.15, -0.1) is 0 Å². The molecule has 0 amide bonds. The van der Waals surface area contributed by atoms with Crippen LogP contribution in [-0.4, -0.2) is 17.7 Å². The van der Waals surface area contributed by atoms with Crippen LogP contribution in [0.5, 0.6) is 0 Å². The smallest absolute Gasteiger partial charge is 0.277 e. The third-order valence-corrected chi connectivity index (χ3v) is 13.9. The van der Waals surface area contributed by atoms with Crippen LogP contribution in [0.25, 0.3) is 0 Å². The Balaban J connectivity index is 1.99. The second-order valence-corrected chi connectivity index (χ2v) is 14.1. The number of hydrogen-bond acceptors (Lipinski definition) is 2. The van der Waals surface area contributed by atoms with Crippen molar-refractivity contribution in [1.29, 1.82) is 0 Å². The Kier molecular flexibility index (Phi) is 6.95. The topological polar surface area (TPSA) is 54.4 Å². The third kappa shape index (κ3) is 5.11. The molecule has 0 aliphatic carbocycles. The Labute approximate surface area is 186 Å². The molecule has 0 aliphatic heterocycles. The molecule has 3 nitrogen and oxygen atoms in total. The molecule has 1 N–H and O–H groups in total. The Bertz CT molecular complexity index is 1040. The molecular weight excluding hydrogens is 442 g/mol. The highest BCUT2D eigenvalue weighted by molar-refractivity contribution is 8.09. The van der Waals surface area contributed by atoms with Gasteiger partial charge in [0.1, 0.15) is 4.73 Å². The maximum Gasteiger partial charge on any atom is 0.277 e. The molecule has 0 bridgehead atoms. The van der Waals surface area contributed by atoms with Gasteiger partial charge in [0, 0.05) is 0 Å². The lowest BCUT2D eigenvalue weighted by Gasteiger charge is -2.33. The summed E-state index contributed by atoms with van der Waals surface area (Å²) < 4.78 is 35.9. The van der Waals surface area contributed by atoms with Gasteiger partial charge in [-0.25, -0.2) is 0 Å². The van der Waals surface area contributed by atoms with Crippen LogP contribution in [0.3, 0.4) is 0 Å². The molecule has 0 spiro atoms. The van der Waals surface area contributed by atoms with Crippen LogP contribution in [0.4, 0.5) is 0 Å². The number of benzene rings is 4. The van der Waals surface area contributed by atoms with Crippen LogP contribution in [-0.2, 0) is 10.1 Å². The van der Waals surface area contributed by atoms with Gasteiger partial charge in [0.2, 0.25) is 0 Å². The predicted molar refractivity (Wildman–Crippen MR) is 133 cm³/mol. The summed E-state index contributed by atoms with van der Waals surface area (Å²) in [5.74, 6) is 0. The van der Waals surface area contributed by atoms with Gasteiger partial charge in [0.05, 0.1) is 0 Å². The molecular formula is C25H22O3P2S. The highest BCUT2D eigenvalue weighted by Gasteiger charge is 2.42. The van der Waals surface area contributed by atoms with Crippen molar-refractivity contribution in [2.24, 2.45) is 0 Å². The van der Waals surface area contributed by atoms with Gasteiger partial charge in [0.15, 0.2) is 0 Å². The standard InChI is InChI=1S/C25H22O3P2S/c26-31(27,28)25(29(21-13-5-1-6-14-21)22-15-7-2-8-16-22)30(23-17-9-3-10-18-23)24-19-11-4-12-20-24/h1-20,25H,(H,26,27,28). The van der Waals surface area contributed by atoms with Crippen molar-refractivity contribution in [2.75, 3.05) is 0 Å². The lowest BCUT2D eigenvalue weighted by Crippen LogP contribution is -2.32. The van der Waals surface area contributed by atoms with Gasteiger partial charge in [0.25, 0.3) is 10.1 Å². The van der Waals surface area contributed by atoms with Gasteiger partial charge in [-0.05, 0) is 37.1 Å². The molecule has 4 aromatic rings. The highest BCUT2D eigenvalue weighted by Crippen LogP contribution is 2.58. The summed E-state index contributed by atoms with van der Waals surface area (Å²) in [6.45, 7) is 0. The number of hydrogen-bond donors (Lipinski definition) is 1. The quantitative estimate of drug-likeness (QED) is 0.325. The van der Waals surface area contributed by atoms with Gasteiger partial charge >= 0.3 is 0 Å². The lowest BCUT2D eigenvalue weighted by molar-refractivity contribution is 0.486. The summed E-state index contributed by atoms with van der Waals surface area (Å²) in [4.78, 5) is 0. The van der Waals surface area contributed by atoms with Crippen molar-refractivity contribution in [2.45, 2.75) is 4.73 Å². The van der Waals surface area contributed by atoms with Crippen molar-refractivity contribution in [1.82, 2.24) is 0 Å². The monoisotopic (exact) mass is 464 g/mol. The van der Waals surface area contributed by atoms with Crippen LogP contribution in [0.2, 0.25) is 0 Å². The van der Waals surface area contributed by atoms with Crippen LogP contribution in [0, 0.1) is 0 Å². The largest absolute Gasteiger partial charge is 0.285 e. The molecule has 4 rings (SSSR count). The molecule has 0 heterocycles. The minimum Gasteiger partial charge on any atom is -0.285 e. The molecule has 156 valence electrons. The average molecular weight is 464 g/mol. The van der Waals surface area contributed by atoms with E-state index < -0.39 is 30.7 Å². The van der Waals surface area contributed by atoms with E-state index in [0.29, 0.717) is 0 Å². The van der Waals surface area contributed by atoms with E-state index in [4.69, 9.17) is 0 Å². The van der Waals surface area contributed by atoms with Gasteiger partial charge in [-0.1, -0.05) is 121 Å². The first-order chi connectivity index (χ1) is 15.1. The van der Waals surface area contributed by atoms with Gasteiger partial charge < -0.3 is 0 Å². The highest BCUT2D eigenvalue weighted by atomic mass is 32.2. The molecule has 31 heavy (non-hydrogen) atoms. The molecule has 0 aliphatic rings. The summed E-state index contributed by atoms with van der Waals surface area (Å²) in [6.07, 6.45) is 0. The first-order valence-electron chi connectivity index (χ1n) is 9.81. The van der Waals surface area contributed by atoms with Crippen molar-refractivity contribution < 1.29 is 13.0 Å². The third-order valence-electron chi connectivity index (χ3n) is 4.85. The fraction of sp³-hybridized carbons (Fsp3) is 0.0400. The van der Waals surface area contributed by atoms with E-state index in [-0.39, 0.29) is 0 Å². The van der Waals surface area contributed by atoms with E-state index in [1.165, 1.54) is 0 Å². The summed E-state index contributed by atoms with van der Waals surface area (Å²) >= 11 is 0.